The number of thiophene rings is 1. The van der Waals surface area contributed by atoms with Gasteiger partial charge in [0.05, 0.1) is 9.89 Å². The molecule has 0 saturated heterocycles. The molecule has 4 atom stereocenters. The number of rotatable bonds is 4. The Labute approximate surface area is 134 Å². The molecule has 2 aliphatic rings. The summed E-state index contributed by atoms with van der Waals surface area (Å²) >= 11 is 5.26. The van der Waals surface area contributed by atoms with Gasteiger partial charge in [-0.05, 0) is 64.1 Å². The maximum Gasteiger partial charge on any atom is 0.104 e. The summed E-state index contributed by atoms with van der Waals surface area (Å²) in [6.45, 7) is 7.83. The lowest BCUT2D eigenvalue weighted by atomic mass is 9.70. The third-order valence-electron chi connectivity index (χ3n) is 6.17. The van der Waals surface area contributed by atoms with E-state index in [0.29, 0.717) is 23.5 Å². The Hall–Kier alpha value is 0.1000. The van der Waals surface area contributed by atoms with E-state index in [4.69, 9.17) is 10.5 Å². The zero-order valence-corrected chi connectivity index (χ0v) is 14.9. The maximum absolute atomic E-state index is 6.50. The molecule has 0 aromatic carbocycles. The molecule has 2 saturated carbocycles. The van der Waals surface area contributed by atoms with E-state index < -0.39 is 0 Å². The van der Waals surface area contributed by atoms with Crippen molar-refractivity contribution in [3.8, 4) is 0 Å². The lowest BCUT2D eigenvalue weighted by molar-refractivity contribution is -0.0837. The Morgan fingerprint density at radius 1 is 1.45 bits per heavy atom. The normalized spacial score (nSPS) is 36.5. The number of nitrogens with two attached hydrogens (primary N) is 1. The maximum atomic E-state index is 6.50. The standard InChI is InChI=1S/C16H24BrNOS/c1-15(2)10-6-7-16(15,3)13(8-10)19-11(9-18)12-4-5-14(17)20-12/h4-5,10-11,13H,6-9,18H2,1-3H3. The summed E-state index contributed by atoms with van der Waals surface area (Å²) < 4.78 is 7.64. The Morgan fingerprint density at radius 3 is 2.65 bits per heavy atom. The van der Waals surface area contributed by atoms with Gasteiger partial charge in [-0.25, -0.2) is 0 Å². The number of hydrogen-bond donors (Lipinski definition) is 1. The fourth-order valence-electron chi connectivity index (χ4n) is 4.27. The molecule has 2 aliphatic carbocycles. The molecule has 0 amide bonds. The highest BCUT2D eigenvalue weighted by atomic mass is 79.9. The summed E-state index contributed by atoms with van der Waals surface area (Å²) in [4.78, 5) is 1.24. The van der Waals surface area contributed by atoms with Crippen molar-refractivity contribution in [3.63, 3.8) is 0 Å². The minimum Gasteiger partial charge on any atom is -0.368 e. The van der Waals surface area contributed by atoms with Gasteiger partial charge in [0.1, 0.15) is 6.10 Å². The fraction of sp³-hybridized carbons (Fsp3) is 0.750. The fourth-order valence-corrected chi connectivity index (χ4v) is 5.75. The van der Waals surface area contributed by atoms with Gasteiger partial charge in [-0.2, -0.15) is 0 Å². The highest BCUT2D eigenvalue weighted by molar-refractivity contribution is 9.11. The van der Waals surface area contributed by atoms with Crippen molar-refractivity contribution in [2.45, 2.75) is 52.2 Å². The van der Waals surface area contributed by atoms with Crippen molar-refractivity contribution in [2.24, 2.45) is 22.5 Å². The number of halogens is 1. The van der Waals surface area contributed by atoms with Gasteiger partial charge >= 0.3 is 0 Å². The lowest BCUT2D eigenvalue weighted by Crippen LogP contribution is -2.38. The smallest absolute Gasteiger partial charge is 0.104 e. The highest BCUT2D eigenvalue weighted by Crippen LogP contribution is 2.66. The van der Waals surface area contributed by atoms with E-state index in [-0.39, 0.29) is 6.10 Å². The van der Waals surface area contributed by atoms with Gasteiger partial charge in [0.2, 0.25) is 0 Å². The molecule has 1 aromatic heterocycles. The van der Waals surface area contributed by atoms with Gasteiger partial charge in [-0.3, -0.25) is 0 Å². The van der Waals surface area contributed by atoms with Crippen LogP contribution in [-0.4, -0.2) is 12.6 Å². The van der Waals surface area contributed by atoms with Crippen molar-refractivity contribution >= 4 is 27.3 Å². The molecule has 0 aliphatic heterocycles. The second-order valence-corrected chi connectivity index (χ2v) is 9.60. The molecule has 3 rings (SSSR count). The average molecular weight is 358 g/mol. The van der Waals surface area contributed by atoms with Crippen LogP contribution in [0, 0.1) is 16.7 Å². The third kappa shape index (κ3) is 2.11. The Morgan fingerprint density at radius 2 is 2.20 bits per heavy atom. The van der Waals surface area contributed by atoms with E-state index in [0.717, 1.165) is 9.70 Å². The van der Waals surface area contributed by atoms with Crippen LogP contribution < -0.4 is 5.73 Å². The molecule has 2 fully saturated rings. The van der Waals surface area contributed by atoms with Crippen LogP contribution in [0.2, 0.25) is 0 Å². The van der Waals surface area contributed by atoms with Crippen LogP contribution in [0.3, 0.4) is 0 Å². The Bertz CT molecular complexity index is 500. The van der Waals surface area contributed by atoms with Crippen LogP contribution in [0.5, 0.6) is 0 Å². The molecule has 0 spiro atoms. The van der Waals surface area contributed by atoms with Crippen LogP contribution in [0.15, 0.2) is 15.9 Å². The molecule has 2 N–H and O–H groups in total. The van der Waals surface area contributed by atoms with Crippen molar-refractivity contribution in [1.82, 2.24) is 0 Å². The molecular weight excluding hydrogens is 334 g/mol. The van der Waals surface area contributed by atoms with Crippen molar-refractivity contribution in [3.05, 3.63) is 20.8 Å². The minimum absolute atomic E-state index is 0.0447. The number of ether oxygens (including phenoxy) is 1. The molecule has 4 heteroatoms. The first-order valence-electron chi connectivity index (χ1n) is 7.49. The van der Waals surface area contributed by atoms with Gasteiger partial charge in [0, 0.05) is 11.4 Å². The zero-order chi connectivity index (χ0) is 14.5. The quantitative estimate of drug-likeness (QED) is 0.844. The van der Waals surface area contributed by atoms with E-state index in [1.165, 1.54) is 24.1 Å². The first-order chi connectivity index (χ1) is 9.38. The predicted octanol–water partition coefficient (Wildman–Crippen LogP) is 4.74. The van der Waals surface area contributed by atoms with E-state index in [1.54, 1.807) is 11.3 Å². The predicted molar refractivity (Wildman–Crippen MR) is 87.9 cm³/mol. The average Bonchev–Trinajstić information content (AvgIpc) is 2.97. The summed E-state index contributed by atoms with van der Waals surface area (Å²) in [6.07, 6.45) is 4.25. The summed E-state index contributed by atoms with van der Waals surface area (Å²) in [5.74, 6) is 0.811. The summed E-state index contributed by atoms with van der Waals surface area (Å²) in [6, 6.07) is 4.21. The second kappa shape index (κ2) is 5.08. The molecule has 0 radical (unpaired) electrons. The summed E-state index contributed by atoms with van der Waals surface area (Å²) in [5.41, 5.74) is 6.67. The van der Waals surface area contributed by atoms with Gasteiger partial charge < -0.3 is 10.5 Å². The first-order valence-corrected chi connectivity index (χ1v) is 9.10. The van der Waals surface area contributed by atoms with E-state index in [9.17, 15) is 0 Å². The van der Waals surface area contributed by atoms with Gasteiger partial charge in [0.25, 0.3) is 0 Å². The molecule has 1 heterocycles. The van der Waals surface area contributed by atoms with Crippen molar-refractivity contribution in [1.29, 1.82) is 0 Å². The topological polar surface area (TPSA) is 35.2 Å². The SMILES string of the molecule is CC1(C)C2CCC1(C)C(OC(CN)c1ccc(Br)s1)C2. The van der Waals surface area contributed by atoms with Gasteiger partial charge in [-0.1, -0.05) is 20.8 Å². The first kappa shape index (κ1) is 15.0. The number of fused-ring (bicyclic) bond motifs is 2. The van der Waals surface area contributed by atoms with Gasteiger partial charge in [0.15, 0.2) is 0 Å². The second-order valence-electron chi connectivity index (χ2n) is 7.10. The monoisotopic (exact) mass is 357 g/mol. The van der Waals surface area contributed by atoms with E-state index in [2.05, 4.69) is 48.8 Å². The molecule has 112 valence electrons. The van der Waals surface area contributed by atoms with E-state index in [1.807, 2.05) is 0 Å². The third-order valence-corrected chi connectivity index (χ3v) is 7.88. The van der Waals surface area contributed by atoms with Crippen molar-refractivity contribution < 1.29 is 4.74 Å². The Balaban J connectivity index is 1.78. The Kier molecular flexibility index (Phi) is 3.81. The van der Waals surface area contributed by atoms with Crippen LogP contribution >= 0.6 is 27.3 Å². The minimum atomic E-state index is 0.0447. The zero-order valence-electron chi connectivity index (χ0n) is 12.5. The highest BCUT2D eigenvalue weighted by Gasteiger charge is 2.62. The molecule has 4 unspecified atom stereocenters. The van der Waals surface area contributed by atoms with Crippen molar-refractivity contribution in [2.75, 3.05) is 6.54 Å². The van der Waals surface area contributed by atoms with Crippen LogP contribution in [0.1, 0.15) is 51.0 Å². The summed E-state index contributed by atoms with van der Waals surface area (Å²) in [5, 5.41) is 0. The van der Waals surface area contributed by atoms with Crippen LogP contribution in [0.4, 0.5) is 0 Å². The van der Waals surface area contributed by atoms with Crippen LogP contribution in [-0.2, 0) is 4.74 Å². The summed E-state index contributed by atoms with van der Waals surface area (Å²) in [7, 11) is 0. The van der Waals surface area contributed by atoms with Gasteiger partial charge in [-0.15, -0.1) is 11.3 Å². The molecule has 20 heavy (non-hydrogen) atoms. The molecule has 2 bridgehead atoms. The number of hydrogen-bond acceptors (Lipinski definition) is 3. The molecular formula is C16H24BrNOS. The van der Waals surface area contributed by atoms with Crippen LogP contribution in [0.25, 0.3) is 0 Å². The molecule has 1 aromatic rings. The largest absolute Gasteiger partial charge is 0.368 e. The molecule has 2 nitrogen and oxygen atoms in total. The lowest BCUT2D eigenvalue weighted by Gasteiger charge is -2.40. The van der Waals surface area contributed by atoms with E-state index >= 15 is 0 Å².